The smallest absolute Gasteiger partial charge is 0.165 e. The van der Waals surface area contributed by atoms with Crippen LogP contribution < -0.4 is 5.73 Å². The Morgan fingerprint density at radius 3 is 2.67 bits per heavy atom. The van der Waals surface area contributed by atoms with E-state index in [-0.39, 0.29) is 11.6 Å². The molecule has 6 heteroatoms. The molecule has 21 heavy (non-hydrogen) atoms. The maximum Gasteiger partial charge on any atom is 0.165 e. The third-order valence-electron chi connectivity index (χ3n) is 3.18. The zero-order valence-corrected chi connectivity index (χ0v) is 14.2. The Labute approximate surface area is 137 Å². The maximum atomic E-state index is 14.2. The van der Waals surface area contributed by atoms with Crippen molar-refractivity contribution in [2.24, 2.45) is 0 Å². The first-order chi connectivity index (χ1) is 9.97. The molecule has 0 radical (unpaired) electrons. The van der Waals surface area contributed by atoms with Crippen LogP contribution in [0, 0.1) is 12.7 Å². The second-order valence-electron chi connectivity index (χ2n) is 4.65. The molecule has 0 amide bonds. The summed E-state index contributed by atoms with van der Waals surface area (Å²) < 4.78 is 15.9. The Balaban J connectivity index is 2.33. The van der Waals surface area contributed by atoms with Crippen LogP contribution in [0.15, 0.2) is 39.3 Å². The Kier molecular flexibility index (Phi) is 3.67. The average molecular weight is 411 g/mol. The summed E-state index contributed by atoms with van der Waals surface area (Å²) in [5, 5.41) is 0.716. The Morgan fingerprint density at radius 2 is 1.90 bits per heavy atom. The Morgan fingerprint density at radius 1 is 1.14 bits per heavy atom. The van der Waals surface area contributed by atoms with Crippen LogP contribution >= 0.6 is 31.9 Å². The van der Waals surface area contributed by atoms with Gasteiger partial charge in [0.15, 0.2) is 5.82 Å². The fraction of sp³-hybridized carbons (Fsp3) is 0.0667. The third-order valence-corrected chi connectivity index (χ3v) is 4.24. The average Bonchev–Trinajstić information content (AvgIpc) is 2.43. The highest BCUT2D eigenvalue weighted by atomic mass is 79.9. The first-order valence-electron chi connectivity index (χ1n) is 6.15. The fourth-order valence-corrected chi connectivity index (χ4v) is 3.43. The summed E-state index contributed by atoms with van der Waals surface area (Å²) >= 11 is 6.85. The molecule has 0 aliphatic carbocycles. The van der Waals surface area contributed by atoms with Crippen LogP contribution in [0.5, 0.6) is 0 Å². The molecule has 3 rings (SSSR count). The van der Waals surface area contributed by atoms with Gasteiger partial charge in [-0.25, -0.2) is 14.4 Å². The number of anilines is 1. The van der Waals surface area contributed by atoms with E-state index >= 15 is 0 Å². The van der Waals surface area contributed by atoms with Crippen LogP contribution in [0.4, 0.5) is 10.2 Å². The van der Waals surface area contributed by atoms with E-state index in [1.807, 2.05) is 12.1 Å². The number of hydrogen-bond acceptors (Lipinski definition) is 3. The highest BCUT2D eigenvalue weighted by Crippen LogP contribution is 2.32. The molecule has 0 spiro atoms. The van der Waals surface area contributed by atoms with Gasteiger partial charge in [0, 0.05) is 14.3 Å². The first kappa shape index (κ1) is 14.4. The van der Waals surface area contributed by atoms with Gasteiger partial charge in [-0.05, 0) is 46.6 Å². The maximum absolute atomic E-state index is 14.2. The number of nitrogen functional groups attached to an aromatic ring is 1. The lowest BCUT2D eigenvalue weighted by atomic mass is 10.1. The highest BCUT2D eigenvalue weighted by Gasteiger charge is 2.14. The molecule has 3 aromatic rings. The summed E-state index contributed by atoms with van der Waals surface area (Å²) in [5.41, 5.74) is 7.55. The van der Waals surface area contributed by atoms with E-state index in [2.05, 4.69) is 41.8 Å². The van der Waals surface area contributed by atoms with Crippen LogP contribution in [0.25, 0.3) is 22.3 Å². The zero-order valence-electron chi connectivity index (χ0n) is 11.0. The molecule has 0 bridgehead atoms. The van der Waals surface area contributed by atoms with Crippen molar-refractivity contribution in [2.75, 3.05) is 5.73 Å². The van der Waals surface area contributed by atoms with Gasteiger partial charge >= 0.3 is 0 Å². The van der Waals surface area contributed by atoms with Gasteiger partial charge in [0.25, 0.3) is 0 Å². The normalized spacial score (nSPS) is 11.0. The zero-order chi connectivity index (χ0) is 15.1. The number of rotatable bonds is 1. The van der Waals surface area contributed by atoms with Crippen LogP contribution in [0.3, 0.4) is 0 Å². The van der Waals surface area contributed by atoms with Crippen molar-refractivity contribution in [3.63, 3.8) is 0 Å². The predicted molar refractivity (Wildman–Crippen MR) is 89.5 cm³/mol. The van der Waals surface area contributed by atoms with Gasteiger partial charge in [0.2, 0.25) is 0 Å². The lowest BCUT2D eigenvalue weighted by Gasteiger charge is -2.09. The summed E-state index contributed by atoms with van der Waals surface area (Å²) in [5.74, 6) is 0.270. The van der Waals surface area contributed by atoms with Crippen molar-refractivity contribution in [3.8, 4) is 11.4 Å². The Hall–Kier alpha value is -1.53. The number of aromatic nitrogens is 2. The van der Waals surface area contributed by atoms with Crippen molar-refractivity contribution in [2.45, 2.75) is 6.92 Å². The van der Waals surface area contributed by atoms with Gasteiger partial charge in [0.1, 0.15) is 11.6 Å². The molecule has 0 unspecified atom stereocenters. The minimum absolute atomic E-state index is 0.282. The lowest BCUT2D eigenvalue weighted by molar-refractivity contribution is 0.621. The molecule has 0 fully saturated rings. The summed E-state index contributed by atoms with van der Waals surface area (Å²) in [6.07, 6.45) is 0. The van der Waals surface area contributed by atoms with Crippen molar-refractivity contribution < 1.29 is 4.39 Å². The van der Waals surface area contributed by atoms with E-state index in [1.165, 1.54) is 0 Å². The van der Waals surface area contributed by atoms with Crippen molar-refractivity contribution in [1.29, 1.82) is 0 Å². The van der Waals surface area contributed by atoms with E-state index in [0.717, 1.165) is 8.95 Å². The molecule has 2 N–H and O–H groups in total. The number of nitrogens with two attached hydrogens (primary N) is 1. The first-order valence-corrected chi connectivity index (χ1v) is 7.73. The SMILES string of the molecule is Cc1cccc(-c2nc(N)c3cc(Br)cc(Br)c3n2)c1F. The molecular weight excluding hydrogens is 401 g/mol. The van der Waals surface area contributed by atoms with Crippen molar-refractivity contribution >= 4 is 48.6 Å². The van der Waals surface area contributed by atoms with Crippen LogP contribution in [0.1, 0.15) is 5.56 Å². The second-order valence-corrected chi connectivity index (χ2v) is 6.42. The number of halogens is 3. The number of nitrogens with zero attached hydrogens (tertiary/aromatic N) is 2. The quantitative estimate of drug-likeness (QED) is 0.623. The molecule has 1 aromatic heterocycles. The number of hydrogen-bond donors (Lipinski definition) is 1. The molecule has 0 aliphatic rings. The minimum atomic E-state index is -0.329. The molecular formula is C15H10Br2FN3. The minimum Gasteiger partial charge on any atom is -0.383 e. The third kappa shape index (κ3) is 2.53. The van der Waals surface area contributed by atoms with E-state index in [0.29, 0.717) is 27.8 Å². The molecule has 0 saturated heterocycles. The molecule has 0 aliphatic heterocycles. The van der Waals surface area contributed by atoms with Crippen molar-refractivity contribution in [1.82, 2.24) is 9.97 Å². The van der Waals surface area contributed by atoms with E-state index in [1.54, 1.807) is 25.1 Å². The summed E-state index contributed by atoms with van der Waals surface area (Å²) in [6.45, 7) is 1.70. The Bertz CT molecular complexity index is 865. The van der Waals surface area contributed by atoms with Gasteiger partial charge in [-0.1, -0.05) is 28.1 Å². The van der Waals surface area contributed by atoms with Crippen LogP contribution in [-0.2, 0) is 0 Å². The summed E-state index contributed by atoms with van der Waals surface area (Å²) in [4.78, 5) is 8.69. The van der Waals surface area contributed by atoms with E-state index < -0.39 is 0 Å². The standard InChI is InChI=1S/C15H10Br2FN3/c1-7-3-2-4-9(12(7)18)15-20-13-10(14(19)21-15)5-8(16)6-11(13)17/h2-6H,1H3,(H2,19,20,21). The molecule has 106 valence electrons. The summed E-state index contributed by atoms with van der Waals surface area (Å²) in [6, 6.07) is 8.83. The highest BCUT2D eigenvalue weighted by molar-refractivity contribution is 9.11. The number of fused-ring (bicyclic) bond motifs is 1. The van der Waals surface area contributed by atoms with Gasteiger partial charge in [0.05, 0.1) is 11.1 Å². The molecule has 2 aromatic carbocycles. The molecule has 0 atom stereocenters. The fourth-order valence-electron chi connectivity index (χ4n) is 2.12. The van der Waals surface area contributed by atoms with Gasteiger partial charge in [-0.15, -0.1) is 0 Å². The topological polar surface area (TPSA) is 51.8 Å². The van der Waals surface area contributed by atoms with Gasteiger partial charge in [-0.2, -0.15) is 0 Å². The lowest BCUT2D eigenvalue weighted by Crippen LogP contribution is -2.00. The second kappa shape index (κ2) is 5.35. The van der Waals surface area contributed by atoms with Gasteiger partial charge < -0.3 is 5.73 Å². The van der Waals surface area contributed by atoms with Crippen molar-refractivity contribution in [3.05, 3.63) is 50.7 Å². The van der Waals surface area contributed by atoms with E-state index in [4.69, 9.17) is 5.73 Å². The number of benzene rings is 2. The predicted octanol–water partition coefficient (Wildman–Crippen LogP) is 4.85. The molecule has 3 nitrogen and oxygen atoms in total. The molecule has 0 saturated carbocycles. The van der Waals surface area contributed by atoms with Gasteiger partial charge in [-0.3, -0.25) is 0 Å². The largest absolute Gasteiger partial charge is 0.383 e. The summed E-state index contributed by atoms with van der Waals surface area (Å²) in [7, 11) is 0. The van der Waals surface area contributed by atoms with Crippen LogP contribution in [0.2, 0.25) is 0 Å². The molecule has 1 heterocycles. The monoisotopic (exact) mass is 409 g/mol. The van der Waals surface area contributed by atoms with Crippen LogP contribution in [-0.4, -0.2) is 9.97 Å². The number of aryl methyl sites for hydroxylation is 1. The van der Waals surface area contributed by atoms with E-state index in [9.17, 15) is 4.39 Å².